The van der Waals surface area contributed by atoms with E-state index in [0.29, 0.717) is 11.5 Å². The number of aromatic nitrogens is 2. The Morgan fingerprint density at radius 3 is 2.71 bits per heavy atom. The van der Waals surface area contributed by atoms with Crippen LogP contribution in [0.3, 0.4) is 0 Å². The number of rotatable bonds is 6. The first kappa shape index (κ1) is 22.2. The molecule has 1 aromatic heterocycles. The van der Waals surface area contributed by atoms with Crippen LogP contribution in [0.4, 0.5) is 17.2 Å². The van der Waals surface area contributed by atoms with E-state index < -0.39 is 0 Å². The van der Waals surface area contributed by atoms with Gasteiger partial charge in [0.25, 0.3) is 5.91 Å². The minimum absolute atomic E-state index is 0.196. The second-order valence-electron chi connectivity index (χ2n) is 7.99. The largest absolute Gasteiger partial charge is 0.497 e. The smallest absolute Gasteiger partial charge is 0.272 e. The molecular weight excluding hydrogens is 450 g/mol. The molecule has 1 atom stereocenters. The van der Waals surface area contributed by atoms with E-state index in [4.69, 9.17) is 10.5 Å². The van der Waals surface area contributed by atoms with Crippen LogP contribution in [0.1, 0.15) is 5.50 Å². The number of nitrogen functional groups attached to an aromatic ring is 1. The van der Waals surface area contributed by atoms with Gasteiger partial charge in [0.2, 0.25) is 0 Å². The summed E-state index contributed by atoms with van der Waals surface area (Å²) in [4.78, 5) is 15.3. The average molecular weight is 478 g/mol. The van der Waals surface area contributed by atoms with Gasteiger partial charge in [-0.15, -0.1) is 0 Å². The molecular formula is C24H27N7O2S. The zero-order chi connectivity index (χ0) is 23.5. The van der Waals surface area contributed by atoms with Crippen LogP contribution in [0.5, 0.6) is 5.75 Å². The van der Waals surface area contributed by atoms with Crippen molar-refractivity contribution < 1.29 is 9.53 Å². The van der Waals surface area contributed by atoms with Crippen molar-refractivity contribution in [3.63, 3.8) is 0 Å². The molecule has 3 heterocycles. The highest BCUT2D eigenvalue weighted by atomic mass is 32.2. The third-order valence-corrected chi connectivity index (χ3v) is 6.85. The highest BCUT2D eigenvalue weighted by Gasteiger charge is 2.26. The minimum atomic E-state index is -0.309. The van der Waals surface area contributed by atoms with Gasteiger partial charge in [0.05, 0.1) is 24.7 Å². The molecule has 3 aromatic rings. The van der Waals surface area contributed by atoms with Gasteiger partial charge in [0.15, 0.2) is 5.50 Å². The van der Waals surface area contributed by atoms with Crippen LogP contribution in [0, 0.1) is 0 Å². The van der Waals surface area contributed by atoms with Crippen molar-refractivity contribution in [1.29, 1.82) is 0 Å². The number of nitrogens with two attached hydrogens (primary N) is 1. The fourth-order valence-corrected chi connectivity index (χ4v) is 4.99. The van der Waals surface area contributed by atoms with Gasteiger partial charge in [-0.1, -0.05) is 36.0 Å². The van der Waals surface area contributed by atoms with Gasteiger partial charge in [0, 0.05) is 37.2 Å². The number of nitrogens with one attached hydrogen (secondary N) is 3. The number of methoxy groups -OCH3 is 1. The van der Waals surface area contributed by atoms with Crippen LogP contribution in [0.15, 0.2) is 65.8 Å². The Kier molecular flexibility index (Phi) is 6.33. The molecule has 0 radical (unpaired) electrons. The number of carbonyl (C=O) groups is 1. The van der Waals surface area contributed by atoms with Gasteiger partial charge >= 0.3 is 0 Å². The Hall–Kier alpha value is -3.63. The fraction of sp³-hybridized carbons (Fsp3) is 0.250. The Labute approximate surface area is 202 Å². The van der Waals surface area contributed by atoms with Crippen LogP contribution in [-0.4, -0.2) is 49.0 Å². The molecule has 5 rings (SSSR count). The number of benzene rings is 2. The average Bonchev–Trinajstić information content (AvgIpc) is 3.52. The quantitative estimate of drug-likeness (QED) is 0.429. The maximum atomic E-state index is 13.0. The Balaban J connectivity index is 1.27. The summed E-state index contributed by atoms with van der Waals surface area (Å²) in [7, 11) is 1.63. The number of hydrogen-bond acceptors (Lipinski definition) is 8. The van der Waals surface area contributed by atoms with Crippen LogP contribution in [0.25, 0.3) is 11.1 Å². The summed E-state index contributed by atoms with van der Waals surface area (Å²) in [5.41, 5.74) is 10.2. The van der Waals surface area contributed by atoms with E-state index >= 15 is 0 Å². The normalized spacial score (nSPS) is 17.7. The van der Waals surface area contributed by atoms with E-state index in [1.54, 1.807) is 18.0 Å². The van der Waals surface area contributed by atoms with Crippen LogP contribution in [0.2, 0.25) is 0 Å². The second-order valence-corrected chi connectivity index (χ2v) is 8.94. The van der Waals surface area contributed by atoms with E-state index in [0.717, 1.165) is 54.4 Å². The molecule has 2 aliphatic heterocycles. The zero-order valence-electron chi connectivity index (χ0n) is 18.8. The van der Waals surface area contributed by atoms with Crippen molar-refractivity contribution in [1.82, 2.24) is 20.4 Å². The molecule has 1 fully saturated rings. The van der Waals surface area contributed by atoms with E-state index in [-0.39, 0.29) is 11.4 Å². The molecule has 0 bridgehead atoms. The molecule has 34 heavy (non-hydrogen) atoms. The Bertz CT molecular complexity index is 1200. The van der Waals surface area contributed by atoms with Crippen molar-refractivity contribution in [2.45, 2.75) is 5.50 Å². The lowest BCUT2D eigenvalue weighted by Crippen LogP contribution is -2.43. The summed E-state index contributed by atoms with van der Waals surface area (Å²) in [6, 6.07) is 15.6. The van der Waals surface area contributed by atoms with E-state index in [2.05, 4.69) is 25.9 Å². The maximum Gasteiger partial charge on any atom is 0.272 e. The third-order valence-electron chi connectivity index (χ3n) is 5.91. The van der Waals surface area contributed by atoms with E-state index in [9.17, 15) is 4.79 Å². The summed E-state index contributed by atoms with van der Waals surface area (Å²) in [6.07, 6.45) is 1.74. The van der Waals surface area contributed by atoms with Gasteiger partial charge in [-0.05, 0) is 29.8 Å². The summed E-state index contributed by atoms with van der Waals surface area (Å²) >= 11 is 1.45. The number of carbonyl (C=O) groups excluding carboxylic acids is 1. The summed E-state index contributed by atoms with van der Waals surface area (Å²) in [5.74, 6) is 1.11. The van der Waals surface area contributed by atoms with E-state index in [1.165, 1.54) is 11.8 Å². The van der Waals surface area contributed by atoms with Crippen molar-refractivity contribution in [2.75, 3.05) is 49.2 Å². The molecule has 10 heteroatoms. The molecule has 5 N–H and O–H groups in total. The molecule has 0 saturated carbocycles. The Morgan fingerprint density at radius 1 is 1.18 bits per heavy atom. The van der Waals surface area contributed by atoms with Crippen LogP contribution < -0.4 is 31.3 Å². The van der Waals surface area contributed by atoms with Gasteiger partial charge < -0.3 is 31.3 Å². The third kappa shape index (κ3) is 4.42. The molecule has 2 aromatic carbocycles. The Morgan fingerprint density at radius 2 is 1.94 bits per heavy atom. The number of anilines is 3. The van der Waals surface area contributed by atoms with Crippen molar-refractivity contribution >= 4 is 34.9 Å². The first-order valence-electron chi connectivity index (χ1n) is 11.1. The summed E-state index contributed by atoms with van der Waals surface area (Å²) in [6.45, 7) is 3.66. The number of para-hydroxylation sites is 2. The lowest BCUT2D eigenvalue weighted by atomic mass is 10.1. The minimum Gasteiger partial charge on any atom is -0.497 e. The number of thioether (sulfide) groups is 1. The number of nitrogens with zero attached hydrogens (tertiary/aromatic N) is 3. The van der Waals surface area contributed by atoms with Crippen LogP contribution in [-0.2, 0) is 4.79 Å². The molecule has 1 amide bonds. The van der Waals surface area contributed by atoms with Gasteiger partial charge in [-0.3, -0.25) is 4.79 Å². The standard InChI is InChI=1S/C24H27N7O2S/c1-33-17-8-6-16(7-9-17)18-14-27-31(22(18)25)24-29-20(15-34-24)23(32)28-19-4-2-3-5-21(19)30-12-10-26-11-13-30/h2-9,14-15,24,26,29H,10-13,25H2,1H3,(H,28,32). The van der Waals surface area contributed by atoms with Crippen molar-refractivity contribution in [3.8, 4) is 16.9 Å². The molecule has 0 aliphatic carbocycles. The van der Waals surface area contributed by atoms with Gasteiger partial charge in [0.1, 0.15) is 17.3 Å². The molecule has 0 spiro atoms. The topological polar surface area (TPSA) is 109 Å². The zero-order valence-corrected chi connectivity index (χ0v) is 19.6. The molecule has 1 unspecified atom stereocenters. The van der Waals surface area contributed by atoms with Crippen LogP contribution >= 0.6 is 11.8 Å². The molecule has 2 aliphatic rings. The van der Waals surface area contributed by atoms with Crippen molar-refractivity contribution in [3.05, 3.63) is 65.8 Å². The fourth-order valence-electron chi connectivity index (χ4n) is 4.07. The number of piperazine rings is 1. The number of hydrogen-bond donors (Lipinski definition) is 4. The maximum absolute atomic E-state index is 13.0. The molecule has 1 saturated heterocycles. The van der Waals surface area contributed by atoms with Crippen molar-refractivity contribution in [2.24, 2.45) is 0 Å². The lowest BCUT2D eigenvalue weighted by molar-refractivity contribution is -0.113. The predicted molar refractivity (Wildman–Crippen MR) is 137 cm³/mol. The highest BCUT2D eigenvalue weighted by Crippen LogP contribution is 2.36. The lowest BCUT2D eigenvalue weighted by Gasteiger charge is -2.31. The second kappa shape index (κ2) is 9.70. The first-order chi connectivity index (χ1) is 16.6. The summed E-state index contributed by atoms with van der Waals surface area (Å²) in [5, 5.41) is 15.9. The number of ether oxygens (including phenoxy) is 1. The molecule has 176 valence electrons. The SMILES string of the molecule is COc1ccc(-c2cnn(C3NC(C(=O)Nc4ccccc4N4CCNCC4)=CS3)c2N)cc1. The van der Waals surface area contributed by atoms with Gasteiger partial charge in [-0.25, -0.2) is 4.68 Å². The monoisotopic (exact) mass is 477 g/mol. The summed E-state index contributed by atoms with van der Waals surface area (Å²) < 4.78 is 6.91. The highest BCUT2D eigenvalue weighted by molar-refractivity contribution is 8.02. The molecule has 9 nitrogen and oxygen atoms in total. The van der Waals surface area contributed by atoms with Gasteiger partial charge in [-0.2, -0.15) is 5.10 Å². The number of amides is 1. The van der Waals surface area contributed by atoms with E-state index in [1.807, 2.05) is 53.9 Å². The predicted octanol–water partition coefficient (Wildman–Crippen LogP) is 2.82. The first-order valence-corrected chi connectivity index (χ1v) is 12.0.